The van der Waals surface area contributed by atoms with Gasteiger partial charge in [0.15, 0.2) is 0 Å². The third-order valence-corrected chi connectivity index (χ3v) is 3.35. The lowest BCUT2D eigenvalue weighted by atomic mass is 10.2. The summed E-state index contributed by atoms with van der Waals surface area (Å²) >= 11 is 0. The van der Waals surface area contributed by atoms with Crippen molar-refractivity contribution in [3.63, 3.8) is 0 Å². The third kappa shape index (κ3) is 3.51. The first-order valence-electron chi connectivity index (χ1n) is 7.07. The van der Waals surface area contributed by atoms with Gasteiger partial charge in [0.05, 0.1) is 21.3 Å². The SMILES string of the molecule is COC(=O)c1cc(COC(=O)c2c(OC)cccc2OC)oc1C. The number of hydrogen-bond donors (Lipinski definition) is 0. The van der Waals surface area contributed by atoms with Crippen LogP contribution in [0.4, 0.5) is 0 Å². The summed E-state index contributed by atoms with van der Waals surface area (Å²) in [4.78, 5) is 23.9. The van der Waals surface area contributed by atoms with Crippen LogP contribution in [0.2, 0.25) is 0 Å². The maximum absolute atomic E-state index is 12.3. The van der Waals surface area contributed by atoms with Crippen molar-refractivity contribution in [2.75, 3.05) is 21.3 Å². The van der Waals surface area contributed by atoms with Crippen LogP contribution in [0.25, 0.3) is 0 Å². The van der Waals surface area contributed by atoms with Crippen LogP contribution in [0.5, 0.6) is 11.5 Å². The molecule has 0 N–H and O–H groups in total. The third-order valence-electron chi connectivity index (χ3n) is 3.35. The van der Waals surface area contributed by atoms with Crippen molar-refractivity contribution in [1.82, 2.24) is 0 Å². The number of ether oxygens (including phenoxy) is 4. The Balaban J connectivity index is 2.16. The lowest BCUT2D eigenvalue weighted by molar-refractivity contribution is 0.0436. The van der Waals surface area contributed by atoms with E-state index in [1.807, 2.05) is 0 Å². The summed E-state index contributed by atoms with van der Waals surface area (Å²) in [5.41, 5.74) is 0.470. The zero-order valence-corrected chi connectivity index (χ0v) is 13.9. The van der Waals surface area contributed by atoms with Crippen LogP contribution in [0.1, 0.15) is 32.2 Å². The first kappa shape index (κ1) is 17.4. The molecule has 0 atom stereocenters. The first-order chi connectivity index (χ1) is 11.5. The molecule has 2 rings (SSSR count). The van der Waals surface area contributed by atoms with Gasteiger partial charge in [0.25, 0.3) is 0 Å². The molecule has 0 radical (unpaired) electrons. The van der Waals surface area contributed by atoms with E-state index < -0.39 is 11.9 Å². The van der Waals surface area contributed by atoms with Crippen LogP contribution < -0.4 is 9.47 Å². The monoisotopic (exact) mass is 334 g/mol. The lowest BCUT2D eigenvalue weighted by Crippen LogP contribution is -2.09. The molecule has 0 saturated heterocycles. The topological polar surface area (TPSA) is 84.2 Å². The van der Waals surface area contributed by atoms with E-state index in [1.165, 1.54) is 27.4 Å². The van der Waals surface area contributed by atoms with Crippen molar-refractivity contribution in [2.24, 2.45) is 0 Å². The summed E-state index contributed by atoms with van der Waals surface area (Å²) in [6.45, 7) is 1.48. The maximum Gasteiger partial charge on any atom is 0.346 e. The zero-order valence-electron chi connectivity index (χ0n) is 13.9. The number of benzene rings is 1. The summed E-state index contributed by atoms with van der Waals surface area (Å²) in [7, 11) is 4.18. The van der Waals surface area contributed by atoms with Gasteiger partial charge < -0.3 is 23.4 Å². The Labute approximate surface area is 139 Å². The number of carbonyl (C=O) groups is 2. The second-order valence-corrected chi connectivity index (χ2v) is 4.79. The molecule has 0 aliphatic rings. The largest absolute Gasteiger partial charge is 0.496 e. The Bertz CT molecular complexity index is 723. The molecule has 0 fully saturated rings. The van der Waals surface area contributed by atoms with Crippen LogP contribution in [-0.4, -0.2) is 33.3 Å². The molecule has 24 heavy (non-hydrogen) atoms. The molecule has 0 aliphatic carbocycles. The van der Waals surface area contributed by atoms with Gasteiger partial charge in [-0.3, -0.25) is 0 Å². The molecule has 128 valence electrons. The Hall–Kier alpha value is -2.96. The molecule has 0 aliphatic heterocycles. The Morgan fingerprint density at radius 3 is 2.21 bits per heavy atom. The average molecular weight is 334 g/mol. The summed E-state index contributed by atoms with van der Waals surface area (Å²) < 4.78 is 25.6. The van der Waals surface area contributed by atoms with E-state index >= 15 is 0 Å². The maximum atomic E-state index is 12.3. The molecular weight excluding hydrogens is 316 g/mol. The predicted octanol–water partition coefficient (Wildman–Crippen LogP) is 2.75. The standard InChI is InChI=1S/C17H18O7/c1-10-12(16(18)22-4)8-11(24-10)9-23-17(19)15-13(20-2)6-5-7-14(15)21-3/h5-8H,9H2,1-4H3. The molecule has 1 aromatic carbocycles. The fourth-order valence-corrected chi connectivity index (χ4v) is 2.19. The first-order valence-corrected chi connectivity index (χ1v) is 7.07. The van der Waals surface area contributed by atoms with Crippen LogP contribution in [-0.2, 0) is 16.1 Å². The number of furan rings is 1. The van der Waals surface area contributed by atoms with Gasteiger partial charge in [-0.2, -0.15) is 0 Å². The fourth-order valence-electron chi connectivity index (χ4n) is 2.19. The van der Waals surface area contributed by atoms with E-state index in [0.29, 0.717) is 28.6 Å². The van der Waals surface area contributed by atoms with Gasteiger partial charge in [-0.05, 0) is 25.1 Å². The van der Waals surface area contributed by atoms with E-state index in [-0.39, 0.29) is 12.2 Å². The quantitative estimate of drug-likeness (QED) is 0.751. The van der Waals surface area contributed by atoms with Crippen molar-refractivity contribution in [1.29, 1.82) is 0 Å². The minimum Gasteiger partial charge on any atom is -0.496 e. The number of rotatable bonds is 6. The number of methoxy groups -OCH3 is 3. The average Bonchev–Trinajstić information content (AvgIpc) is 2.98. The van der Waals surface area contributed by atoms with Crippen molar-refractivity contribution < 1.29 is 33.0 Å². The molecule has 2 aromatic rings. The summed E-state index contributed by atoms with van der Waals surface area (Å²) in [5.74, 6) is 0.256. The Morgan fingerprint density at radius 1 is 1.04 bits per heavy atom. The molecule has 0 unspecified atom stereocenters. The summed E-state index contributed by atoms with van der Waals surface area (Å²) in [5, 5.41) is 0. The van der Waals surface area contributed by atoms with Gasteiger partial charge in [-0.25, -0.2) is 9.59 Å². The van der Waals surface area contributed by atoms with Gasteiger partial charge in [-0.15, -0.1) is 0 Å². The van der Waals surface area contributed by atoms with Crippen molar-refractivity contribution >= 4 is 11.9 Å². The minimum absolute atomic E-state index is 0.141. The molecule has 7 nitrogen and oxygen atoms in total. The second-order valence-electron chi connectivity index (χ2n) is 4.79. The van der Waals surface area contributed by atoms with Crippen LogP contribution in [0, 0.1) is 6.92 Å². The molecule has 1 aromatic heterocycles. The molecule has 0 amide bonds. The number of hydrogen-bond acceptors (Lipinski definition) is 7. The van der Waals surface area contributed by atoms with Gasteiger partial charge in [0.1, 0.15) is 40.8 Å². The molecular formula is C17H18O7. The molecule has 7 heteroatoms. The van der Waals surface area contributed by atoms with E-state index in [9.17, 15) is 9.59 Å². The van der Waals surface area contributed by atoms with Gasteiger partial charge >= 0.3 is 11.9 Å². The van der Waals surface area contributed by atoms with E-state index in [1.54, 1.807) is 25.1 Å². The molecule has 0 bridgehead atoms. The van der Waals surface area contributed by atoms with Crippen LogP contribution in [0.3, 0.4) is 0 Å². The minimum atomic E-state index is -0.627. The molecule has 1 heterocycles. The summed E-state index contributed by atoms with van der Waals surface area (Å²) in [6, 6.07) is 6.44. The second kappa shape index (κ2) is 7.54. The molecule has 0 spiro atoms. The van der Waals surface area contributed by atoms with E-state index in [0.717, 1.165) is 0 Å². The number of aryl methyl sites for hydroxylation is 1. The highest BCUT2D eigenvalue weighted by molar-refractivity contribution is 5.95. The van der Waals surface area contributed by atoms with E-state index in [2.05, 4.69) is 4.74 Å². The summed E-state index contributed by atoms with van der Waals surface area (Å²) in [6.07, 6.45) is 0. The zero-order chi connectivity index (χ0) is 17.7. The lowest BCUT2D eigenvalue weighted by Gasteiger charge is -2.11. The number of carbonyl (C=O) groups excluding carboxylic acids is 2. The van der Waals surface area contributed by atoms with Crippen LogP contribution >= 0.6 is 0 Å². The Kier molecular flexibility index (Phi) is 5.47. The highest BCUT2D eigenvalue weighted by atomic mass is 16.5. The highest BCUT2D eigenvalue weighted by Gasteiger charge is 2.21. The van der Waals surface area contributed by atoms with Gasteiger partial charge in [0.2, 0.25) is 0 Å². The van der Waals surface area contributed by atoms with Crippen molar-refractivity contribution in [2.45, 2.75) is 13.5 Å². The predicted molar refractivity (Wildman–Crippen MR) is 83.5 cm³/mol. The van der Waals surface area contributed by atoms with Gasteiger partial charge in [-0.1, -0.05) is 6.07 Å². The fraction of sp³-hybridized carbons (Fsp3) is 0.294. The molecule has 0 saturated carbocycles. The van der Waals surface area contributed by atoms with Gasteiger partial charge in [0, 0.05) is 0 Å². The van der Waals surface area contributed by atoms with Crippen LogP contribution in [0.15, 0.2) is 28.7 Å². The van der Waals surface area contributed by atoms with Crippen molar-refractivity contribution in [3.05, 3.63) is 46.9 Å². The van der Waals surface area contributed by atoms with Crippen molar-refractivity contribution in [3.8, 4) is 11.5 Å². The van der Waals surface area contributed by atoms with E-state index in [4.69, 9.17) is 18.6 Å². The number of esters is 2. The normalized spacial score (nSPS) is 10.2. The smallest absolute Gasteiger partial charge is 0.346 e. The Morgan fingerprint density at radius 2 is 1.67 bits per heavy atom. The highest BCUT2D eigenvalue weighted by Crippen LogP contribution is 2.29.